The van der Waals surface area contributed by atoms with Gasteiger partial charge in [-0.1, -0.05) is 59.7 Å². The maximum atomic E-state index is 12.4. The second-order valence-electron chi connectivity index (χ2n) is 8.90. The molecule has 0 saturated carbocycles. The van der Waals surface area contributed by atoms with Crippen molar-refractivity contribution in [2.24, 2.45) is 0 Å². The highest BCUT2D eigenvalue weighted by Crippen LogP contribution is 2.23. The van der Waals surface area contributed by atoms with Crippen molar-refractivity contribution in [3.05, 3.63) is 108 Å². The van der Waals surface area contributed by atoms with Gasteiger partial charge in [-0.05, 0) is 73.5 Å². The normalized spacial score (nSPS) is 11.3. The van der Waals surface area contributed by atoms with Crippen LogP contribution in [0.1, 0.15) is 11.1 Å². The van der Waals surface area contributed by atoms with Crippen molar-refractivity contribution in [1.29, 1.82) is 0 Å². The number of hydrogen-bond acceptors (Lipinski definition) is 6. The Balaban J connectivity index is 1.33. The van der Waals surface area contributed by atoms with Gasteiger partial charge in [0.05, 0.1) is 9.79 Å². The number of amides is 4. The molecule has 0 bridgehead atoms. The topological polar surface area (TPSA) is 151 Å². The van der Waals surface area contributed by atoms with E-state index in [2.05, 4.69) is 10.6 Å². The van der Waals surface area contributed by atoms with Crippen molar-refractivity contribution in [3.8, 4) is 11.1 Å². The summed E-state index contributed by atoms with van der Waals surface area (Å²) in [6.07, 6.45) is 0. The first kappa shape index (κ1) is 28.3. The fourth-order valence-electron chi connectivity index (χ4n) is 3.60. The van der Waals surface area contributed by atoms with Crippen LogP contribution in [0.25, 0.3) is 11.1 Å². The van der Waals surface area contributed by atoms with E-state index in [9.17, 15) is 26.4 Å². The van der Waals surface area contributed by atoms with Gasteiger partial charge >= 0.3 is 12.1 Å². The Morgan fingerprint density at radius 3 is 1.07 bits per heavy atom. The minimum Gasteiger partial charge on any atom is -0.307 e. The summed E-state index contributed by atoms with van der Waals surface area (Å²) in [5, 5.41) is 4.98. The molecule has 206 valence electrons. The van der Waals surface area contributed by atoms with Gasteiger partial charge in [0.25, 0.3) is 20.0 Å². The molecule has 40 heavy (non-hydrogen) atoms. The van der Waals surface area contributed by atoms with Gasteiger partial charge in [0.2, 0.25) is 0 Å². The average Bonchev–Trinajstić information content (AvgIpc) is 2.89. The first-order valence-corrected chi connectivity index (χ1v) is 14.9. The predicted octanol–water partition coefficient (Wildman–Crippen LogP) is 4.99. The number of rotatable bonds is 7. The fraction of sp³-hybridized carbons (Fsp3) is 0.0714. The Bertz CT molecular complexity index is 1600. The molecule has 0 heterocycles. The van der Waals surface area contributed by atoms with Gasteiger partial charge < -0.3 is 10.6 Å². The van der Waals surface area contributed by atoms with E-state index in [1.165, 1.54) is 24.3 Å². The first-order valence-electron chi connectivity index (χ1n) is 11.9. The molecule has 4 amide bonds. The van der Waals surface area contributed by atoms with Crippen molar-refractivity contribution in [2.45, 2.75) is 23.6 Å². The van der Waals surface area contributed by atoms with E-state index in [0.29, 0.717) is 11.4 Å². The summed E-state index contributed by atoms with van der Waals surface area (Å²) in [4.78, 5) is 24.5. The van der Waals surface area contributed by atoms with Gasteiger partial charge in [-0.15, -0.1) is 0 Å². The lowest BCUT2D eigenvalue weighted by atomic mass is 10.1. The van der Waals surface area contributed by atoms with Crippen molar-refractivity contribution >= 4 is 43.5 Å². The van der Waals surface area contributed by atoms with Gasteiger partial charge in [0.15, 0.2) is 0 Å². The molecule has 0 fully saturated rings. The number of carbonyl (C=O) groups is 2. The first-order chi connectivity index (χ1) is 18.9. The van der Waals surface area contributed by atoms with Crippen molar-refractivity contribution in [2.75, 3.05) is 10.6 Å². The Morgan fingerprint density at radius 1 is 0.475 bits per heavy atom. The van der Waals surface area contributed by atoms with Crippen molar-refractivity contribution in [1.82, 2.24) is 9.44 Å². The summed E-state index contributed by atoms with van der Waals surface area (Å²) in [5.74, 6) is 0. The number of urea groups is 2. The molecule has 0 radical (unpaired) electrons. The molecule has 0 aliphatic carbocycles. The molecular formula is C28H26N4O6S2. The van der Waals surface area contributed by atoms with E-state index >= 15 is 0 Å². The molecule has 0 saturated heterocycles. The number of nitrogens with one attached hydrogen (secondary N) is 4. The minimum atomic E-state index is -4.02. The number of benzene rings is 4. The standard InChI is InChI=1S/C28H26N4O6S2/c1-19-3-15-25(16-4-19)39(35,36)31-27(33)29-23-11-7-21(8-12-23)22-9-13-24(14-10-22)30-28(34)32-40(37,38)26-17-5-20(2)6-18-26/h3-18H,1-2H3,(H2,29,31,33)(H2,30,32,34). The van der Waals surface area contributed by atoms with Crippen molar-refractivity contribution in [3.63, 3.8) is 0 Å². The summed E-state index contributed by atoms with van der Waals surface area (Å²) in [7, 11) is -8.03. The molecule has 10 nitrogen and oxygen atoms in total. The Hall–Kier alpha value is -4.68. The third kappa shape index (κ3) is 7.24. The maximum Gasteiger partial charge on any atom is 0.333 e. The van der Waals surface area contributed by atoms with E-state index in [1.807, 2.05) is 23.3 Å². The smallest absolute Gasteiger partial charge is 0.307 e. The number of anilines is 2. The molecule has 12 heteroatoms. The summed E-state index contributed by atoms with van der Waals surface area (Å²) >= 11 is 0. The number of hydrogen-bond donors (Lipinski definition) is 4. The van der Waals surface area contributed by atoms with E-state index in [0.717, 1.165) is 22.3 Å². The molecule has 4 rings (SSSR count). The van der Waals surface area contributed by atoms with Crippen LogP contribution in [0.4, 0.5) is 21.0 Å². The van der Waals surface area contributed by atoms with Crippen LogP contribution in [0.3, 0.4) is 0 Å². The molecule has 0 atom stereocenters. The lowest BCUT2D eigenvalue weighted by Gasteiger charge is -2.11. The monoisotopic (exact) mass is 578 g/mol. The van der Waals surface area contributed by atoms with Gasteiger partial charge in [-0.3, -0.25) is 0 Å². The Morgan fingerprint density at radius 2 is 0.775 bits per heavy atom. The SMILES string of the molecule is Cc1ccc(S(=O)(=O)NC(=O)Nc2ccc(-c3ccc(NC(=O)NS(=O)(=O)c4ccc(C)cc4)cc3)cc2)cc1. The third-order valence-electron chi connectivity index (χ3n) is 5.74. The lowest BCUT2D eigenvalue weighted by molar-refractivity contribution is 0.255. The second kappa shape index (κ2) is 11.6. The summed E-state index contributed by atoms with van der Waals surface area (Å²) < 4.78 is 53.5. The molecule has 0 aromatic heterocycles. The van der Waals surface area contributed by atoms with E-state index in [4.69, 9.17) is 0 Å². The number of sulfonamides is 2. The molecule has 0 aliphatic rings. The lowest BCUT2D eigenvalue weighted by Crippen LogP contribution is -2.34. The Labute approximate surface area is 232 Å². The number of aryl methyl sites for hydroxylation is 2. The van der Waals surface area contributed by atoms with Crippen LogP contribution >= 0.6 is 0 Å². The fourth-order valence-corrected chi connectivity index (χ4v) is 5.42. The summed E-state index contributed by atoms with van der Waals surface area (Å²) in [6.45, 7) is 3.65. The zero-order valence-corrected chi connectivity index (χ0v) is 23.1. The summed E-state index contributed by atoms with van der Waals surface area (Å²) in [5.41, 5.74) is 4.12. The molecule has 0 aliphatic heterocycles. The molecule has 4 N–H and O–H groups in total. The predicted molar refractivity (Wildman–Crippen MR) is 153 cm³/mol. The second-order valence-corrected chi connectivity index (χ2v) is 12.3. The van der Waals surface area contributed by atoms with Crippen LogP contribution in [0, 0.1) is 13.8 Å². The quantitative estimate of drug-likeness (QED) is 0.243. The van der Waals surface area contributed by atoms with Crippen LogP contribution in [0.15, 0.2) is 107 Å². The number of carbonyl (C=O) groups excluding carboxylic acids is 2. The van der Waals surface area contributed by atoms with Gasteiger partial charge in [-0.2, -0.15) is 0 Å². The highest BCUT2D eigenvalue weighted by Gasteiger charge is 2.18. The van der Waals surface area contributed by atoms with Gasteiger partial charge in [0.1, 0.15) is 0 Å². The van der Waals surface area contributed by atoms with E-state index < -0.39 is 32.1 Å². The maximum absolute atomic E-state index is 12.4. The molecule has 4 aromatic carbocycles. The van der Waals surface area contributed by atoms with Crippen LogP contribution in [0.2, 0.25) is 0 Å². The Kier molecular flexibility index (Phi) is 8.21. The largest absolute Gasteiger partial charge is 0.333 e. The molecule has 0 unspecified atom stereocenters. The van der Waals surface area contributed by atoms with Crippen molar-refractivity contribution < 1.29 is 26.4 Å². The van der Waals surface area contributed by atoms with Crippen LogP contribution in [-0.4, -0.2) is 28.9 Å². The van der Waals surface area contributed by atoms with Crippen LogP contribution in [-0.2, 0) is 20.0 Å². The van der Waals surface area contributed by atoms with Crippen LogP contribution < -0.4 is 20.1 Å². The van der Waals surface area contributed by atoms with Gasteiger partial charge in [0, 0.05) is 11.4 Å². The molecule has 4 aromatic rings. The zero-order valence-electron chi connectivity index (χ0n) is 21.5. The summed E-state index contributed by atoms with van der Waals surface area (Å²) in [6, 6.07) is 23.8. The zero-order chi connectivity index (χ0) is 28.9. The highest BCUT2D eigenvalue weighted by molar-refractivity contribution is 7.90. The minimum absolute atomic E-state index is 0.0214. The van der Waals surface area contributed by atoms with E-state index in [-0.39, 0.29) is 9.79 Å². The van der Waals surface area contributed by atoms with Gasteiger partial charge in [-0.25, -0.2) is 35.9 Å². The van der Waals surface area contributed by atoms with Crippen LogP contribution in [0.5, 0.6) is 0 Å². The third-order valence-corrected chi connectivity index (χ3v) is 8.43. The van der Waals surface area contributed by atoms with E-state index in [1.54, 1.807) is 72.8 Å². The average molecular weight is 579 g/mol. The highest BCUT2D eigenvalue weighted by atomic mass is 32.2. The molecule has 0 spiro atoms. The molecular weight excluding hydrogens is 552 g/mol.